The number of allylic oxidation sites excluding steroid dienone is 1. The number of rotatable bonds is 10. The van der Waals surface area contributed by atoms with Gasteiger partial charge in [0.1, 0.15) is 12.4 Å². The first-order chi connectivity index (χ1) is 24.8. The number of hydrogen-bond acceptors (Lipinski definition) is 7. The Bertz CT molecular complexity index is 2470. The van der Waals surface area contributed by atoms with Crippen LogP contribution in [0, 0.1) is 0 Å². The molecule has 0 fully saturated rings. The summed E-state index contributed by atoms with van der Waals surface area (Å²) in [6, 6.07) is 34.1. The molecule has 1 amide bonds. The van der Waals surface area contributed by atoms with Crippen molar-refractivity contribution in [3.63, 3.8) is 0 Å². The molecule has 0 aliphatic carbocycles. The normalized spacial score (nSPS) is 14.2. The van der Waals surface area contributed by atoms with Crippen molar-refractivity contribution < 1.29 is 19.0 Å². The summed E-state index contributed by atoms with van der Waals surface area (Å²) in [7, 11) is 1.59. The average molecular weight is 761 g/mol. The van der Waals surface area contributed by atoms with Gasteiger partial charge in [-0.2, -0.15) is 0 Å². The number of ether oxygens (including phenoxy) is 3. The number of halogens is 1. The Hall–Kier alpha value is -5.45. The lowest BCUT2D eigenvalue weighted by Crippen LogP contribution is -2.40. The number of thiazole rings is 1. The number of fused-ring (bicyclic) bond motifs is 2. The molecule has 5 aromatic carbocycles. The molecule has 7 rings (SSSR count). The SMILES string of the molecule is CCOc1ccc([C@H]2C(C(=O)Nc3ccccc3)=C(C)N=c3s/c(=C\c4cc(Br)c(OCc5cccc6ccccc56)c(OC)c4)c(=O)n32)cc1. The molecular weight excluding hydrogens is 726 g/mol. The number of aromatic nitrogens is 1. The Morgan fingerprint density at radius 2 is 1.71 bits per heavy atom. The highest BCUT2D eigenvalue weighted by Gasteiger charge is 2.32. The minimum atomic E-state index is -0.714. The number of anilines is 1. The molecule has 6 aromatic rings. The van der Waals surface area contributed by atoms with E-state index in [2.05, 4.69) is 45.5 Å². The summed E-state index contributed by atoms with van der Waals surface area (Å²) in [5, 5.41) is 5.26. The van der Waals surface area contributed by atoms with Crippen LogP contribution in [-0.4, -0.2) is 24.2 Å². The van der Waals surface area contributed by atoms with Crippen LogP contribution in [0.2, 0.25) is 0 Å². The van der Waals surface area contributed by atoms with E-state index in [0.29, 0.717) is 61.2 Å². The molecule has 10 heteroatoms. The molecule has 1 atom stereocenters. The van der Waals surface area contributed by atoms with Crippen LogP contribution < -0.4 is 34.4 Å². The third-order valence-electron chi connectivity index (χ3n) is 8.61. The maximum absolute atomic E-state index is 14.3. The topological polar surface area (TPSA) is 91.2 Å². The summed E-state index contributed by atoms with van der Waals surface area (Å²) in [6.45, 7) is 4.60. The molecule has 256 valence electrons. The van der Waals surface area contributed by atoms with Crippen molar-refractivity contribution in [2.24, 2.45) is 4.99 Å². The van der Waals surface area contributed by atoms with Crippen LogP contribution >= 0.6 is 27.3 Å². The Balaban J connectivity index is 1.26. The van der Waals surface area contributed by atoms with Gasteiger partial charge >= 0.3 is 0 Å². The molecule has 1 N–H and O–H groups in total. The zero-order valence-corrected chi connectivity index (χ0v) is 30.6. The van der Waals surface area contributed by atoms with Gasteiger partial charge in [0.05, 0.1) is 40.0 Å². The van der Waals surface area contributed by atoms with Crippen LogP contribution in [0.5, 0.6) is 17.2 Å². The fraction of sp³-hybridized carbons (Fsp3) is 0.146. The number of hydrogen-bond donors (Lipinski definition) is 1. The number of amides is 1. The van der Waals surface area contributed by atoms with Gasteiger partial charge in [-0.25, -0.2) is 4.99 Å². The molecular formula is C41H34BrN3O5S. The third kappa shape index (κ3) is 6.97. The summed E-state index contributed by atoms with van der Waals surface area (Å²) >= 11 is 4.95. The van der Waals surface area contributed by atoms with Crippen LogP contribution in [0.25, 0.3) is 16.8 Å². The van der Waals surface area contributed by atoms with E-state index >= 15 is 0 Å². The Kier molecular flexibility index (Phi) is 9.87. The second-order valence-electron chi connectivity index (χ2n) is 11.9. The number of methoxy groups -OCH3 is 1. The smallest absolute Gasteiger partial charge is 0.271 e. The van der Waals surface area contributed by atoms with Crippen molar-refractivity contribution in [2.75, 3.05) is 19.0 Å². The molecule has 0 unspecified atom stereocenters. The van der Waals surface area contributed by atoms with Crippen molar-refractivity contribution in [1.29, 1.82) is 0 Å². The van der Waals surface area contributed by atoms with E-state index in [9.17, 15) is 9.59 Å². The van der Waals surface area contributed by atoms with Gasteiger partial charge in [0.15, 0.2) is 16.3 Å². The highest BCUT2D eigenvalue weighted by atomic mass is 79.9. The van der Waals surface area contributed by atoms with Crippen LogP contribution in [0.4, 0.5) is 5.69 Å². The summed E-state index contributed by atoms with van der Waals surface area (Å²) in [4.78, 5) is 33.5. The first-order valence-corrected chi connectivity index (χ1v) is 18.0. The zero-order chi connectivity index (χ0) is 35.5. The molecule has 0 radical (unpaired) electrons. The van der Waals surface area contributed by atoms with Crippen LogP contribution in [-0.2, 0) is 11.4 Å². The predicted octanol–water partition coefficient (Wildman–Crippen LogP) is 7.78. The highest BCUT2D eigenvalue weighted by Crippen LogP contribution is 2.38. The van der Waals surface area contributed by atoms with Crippen molar-refractivity contribution >= 4 is 55.7 Å². The second kappa shape index (κ2) is 14.8. The number of carbonyl (C=O) groups is 1. The van der Waals surface area contributed by atoms with Gasteiger partial charge < -0.3 is 19.5 Å². The second-order valence-corrected chi connectivity index (χ2v) is 13.7. The Morgan fingerprint density at radius 3 is 2.47 bits per heavy atom. The summed E-state index contributed by atoms with van der Waals surface area (Å²) in [6.07, 6.45) is 1.81. The van der Waals surface area contributed by atoms with Crippen molar-refractivity contribution in [3.8, 4) is 17.2 Å². The molecule has 0 saturated carbocycles. The number of nitrogens with zero attached hydrogens (tertiary/aromatic N) is 2. The lowest BCUT2D eigenvalue weighted by Gasteiger charge is -2.25. The van der Waals surface area contributed by atoms with Crippen LogP contribution in [0.3, 0.4) is 0 Å². The molecule has 51 heavy (non-hydrogen) atoms. The average Bonchev–Trinajstić information content (AvgIpc) is 3.44. The summed E-state index contributed by atoms with van der Waals surface area (Å²) in [5.41, 5.74) is 3.86. The lowest BCUT2D eigenvalue weighted by atomic mass is 9.95. The van der Waals surface area contributed by atoms with E-state index in [1.165, 1.54) is 11.3 Å². The molecule has 0 bridgehead atoms. The van der Waals surface area contributed by atoms with Gasteiger partial charge in [-0.3, -0.25) is 14.2 Å². The monoisotopic (exact) mass is 759 g/mol. The number of para-hydroxylation sites is 1. The van der Waals surface area contributed by atoms with E-state index in [1.54, 1.807) is 18.6 Å². The molecule has 1 aliphatic rings. The lowest BCUT2D eigenvalue weighted by molar-refractivity contribution is -0.113. The first-order valence-electron chi connectivity index (χ1n) is 16.4. The van der Waals surface area contributed by atoms with Gasteiger partial charge in [-0.05, 0) is 99.7 Å². The van der Waals surface area contributed by atoms with Crippen LogP contribution in [0.15, 0.2) is 135 Å². The van der Waals surface area contributed by atoms with E-state index in [4.69, 9.17) is 19.2 Å². The zero-order valence-electron chi connectivity index (χ0n) is 28.2. The molecule has 0 spiro atoms. The molecule has 1 aromatic heterocycles. The van der Waals surface area contributed by atoms with Crippen molar-refractivity contribution in [3.05, 3.63) is 161 Å². The fourth-order valence-corrected chi connectivity index (χ4v) is 7.86. The first kappa shape index (κ1) is 34.0. The molecule has 2 heterocycles. The van der Waals surface area contributed by atoms with E-state index in [0.717, 1.165) is 27.5 Å². The van der Waals surface area contributed by atoms with Crippen molar-refractivity contribution in [1.82, 2.24) is 4.57 Å². The Labute approximate surface area is 307 Å². The number of nitrogens with one attached hydrogen (secondary N) is 1. The maximum Gasteiger partial charge on any atom is 0.271 e. The minimum absolute atomic E-state index is 0.262. The maximum atomic E-state index is 14.3. The summed E-state index contributed by atoms with van der Waals surface area (Å²) in [5.74, 6) is 1.45. The quantitative estimate of drug-likeness (QED) is 0.154. The largest absolute Gasteiger partial charge is 0.494 e. The van der Waals surface area contributed by atoms with Gasteiger partial charge in [0.2, 0.25) is 0 Å². The van der Waals surface area contributed by atoms with E-state index in [-0.39, 0.29) is 11.5 Å². The van der Waals surface area contributed by atoms with E-state index < -0.39 is 6.04 Å². The number of carbonyl (C=O) groups excluding carboxylic acids is 1. The molecule has 8 nitrogen and oxygen atoms in total. The van der Waals surface area contributed by atoms with Gasteiger partial charge in [-0.15, -0.1) is 0 Å². The standard InChI is InChI=1S/C41H34BrN3O5S/c1-4-49-31-19-17-28(18-20-31)37-36(39(46)44-30-14-6-5-7-15-30)25(2)43-41-45(37)40(47)35(51-41)23-26-21-33(42)38(34(22-26)48-3)50-24-29-13-10-12-27-11-8-9-16-32(27)29/h5-23,37H,4,24H2,1-3H3,(H,44,46)/b35-23-/t37-/m0/s1. The molecule has 1 aliphatic heterocycles. The minimum Gasteiger partial charge on any atom is -0.494 e. The Morgan fingerprint density at radius 1 is 0.961 bits per heavy atom. The summed E-state index contributed by atoms with van der Waals surface area (Å²) < 4.78 is 20.5. The fourth-order valence-electron chi connectivity index (χ4n) is 6.24. The van der Waals surface area contributed by atoms with Gasteiger partial charge in [0.25, 0.3) is 11.5 Å². The molecule has 0 saturated heterocycles. The van der Waals surface area contributed by atoms with Crippen LogP contribution in [0.1, 0.15) is 36.6 Å². The van der Waals surface area contributed by atoms with E-state index in [1.807, 2.05) is 97.9 Å². The van der Waals surface area contributed by atoms with Gasteiger partial charge in [-0.1, -0.05) is 84.1 Å². The van der Waals surface area contributed by atoms with Crippen molar-refractivity contribution in [2.45, 2.75) is 26.5 Å². The highest BCUT2D eigenvalue weighted by molar-refractivity contribution is 9.10. The van der Waals surface area contributed by atoms with Gasteiger partial charge in [0, 0.05) is 5.69 Å². The predicted molar refractivity (Wildman–Crippen MR) is 205 cm³/mol. The third-order valence-corrected chi connectivity index (χ3v) is 10.2. The number of benzene rings is 5.